The van der Waals surface area contributed by atoms with Gasteiger partial charge in [-0.3, -0.25) is 9.78 Å². The summed E-state index contributed by atoms with van der Waals surface area (Å²) in [5.41, 5.74) is 3.88. The maximum Gasteiger partial charge on any atom is 0.262 e. The third-order valence-electron chi connectivity index (χ3n) is 3.25. The maximum absolute atomic E-state index is 12.1. The van der Waals surface area contributed by atoms with Crippen molar-refractivity contribution in [2.45, 2.75) is 20.4 Å². The minimum Gasteiger partial charge on any atom is -0.346 e. The van der Waals surface area contributed by atoms with Gasteiger partial charge in [-0.05, 0) is 43.2 Å². The van der Waals surface area contributed by atoms with E-state index in [2.05, 4.69) is 10.3 Å². The molecule has 1 heterocycles. The summed E-state index contributed by atoms with van der Waals surface area (Å²) in [5.74, 6) is -0.395. The van der Waals surface area contributed by atoms with E-state index in [-0.39, 0.29) is 5.57 Å². The van der Waals surface area contributed by atoms with Crippen LogP contribution in [0, 0.1) is 25.2 Å². The van der Waals surface area contributed by atoms with E-state index < -0.39 is 5.91 Å². The van der Waals surface area contributed by atoms with Crippen LogP contribution in [0.1, 0.15) is 22.4 Å². The number of nitrogens with one attached hydrogen (secondary N) is 1. The molecule has 2 aromatic rings. The van der Waals surface area contributed by atoms with Crippen molar-refractivity contribution in [2.24, 2.45) is 0 Å². The molecule has 0 spiro atoms. The van der Waals surface area contributed by atoms with Gasteiger partial charge < -0.3 is 5.32 Å². The molecule has 0 bridgehead atoms. The predicted octanol–water partition coefficient (Wildman–Crippen LogP) is 2.92. The lowest BCUT2D eigenvalue weighted by molar-refractivity contribution is -0.117. The highest BCUT2D eigenvalue weighted by Crippen LogP contribution is 2.14. The molecule has 2 rings (SSSR count). The minimum atomic E-state index is -0.395. The fourth-order valence-corrected chi connectivity index (χ4v) is 2.06. The maximum atomic E-state index is 12.1. The van der Waals surface area contributed by atoms with Gasteiger partial charge in [0.15, 0.2) is 0 Å². The Morgan fingerprint density at radius 3 is 2.77 bits per heavy atom. The summed E-state index contributed by atoms with van der Waals surface area (Å²) in [4.78, 5) is 16.2. The second kappa shape index (κ2) is 7.19. The number of hydrogen-bond acceptors (Lipinski definition) is 3. The lowest BCUT2D eigenvalue weighted by atomic mass is 10.0. The van der Waals surface area contributed by atoms with Gasteiger partial charge in [-0.25, -0.2) is 0 Å². The second-order valence-electron chi connectivity index (χ2n) is 5.03. The van der Waals surface area contributed by atoms with E-state index in [1.165, 1.54) is 0 Å². The summed E-state index contributed by atoms with van der Waals surface area (Å²) in [6.07, 6.45) is 3.28. The summed E-state index contributed by atoms with van der Waals surface area (Å²) in [5, 5.41) is 11.9. The smallest absolute Gasteiger partial charge is 0.262 e. The van der Waals surface area contributed by atoms with Crippen molar-refractivity contribution in [1.29, 1.82) is 5.26 Å². The van der Waals surface area contributed by atoms with Gasteiger partial charge in [0.05, 0.1) is 12.2 Å². The highest BCUT2D eigenvalue weighted by molar-refractivity contribution is 6.01. The monoisotopic (exact) mass is 291 g/mol. The molecule has 1 amide bonds. The topological polar surface area (TPSA) is 65.8 Å². The summed E-state index contributed by atoms with van der Waals surface area (Å²) < 4.78 is 0. The summed E-state index contributed by atoms with van der Waals surface area (Å²) in [6.45, 7) is 4.26. The molecule has 0 aliphatic rings. The number of aromatic nitrogens is 1. The van der Waals surface area contributed by atoms with Gasteiger partial charge in [0.1, 0.15) is 11.6 Å². The van der Waals surface area contributed by atoms with Gasteiger partial charge >= 0.3 is 0 Å². The first-order valence-electron chi connectivity index (χ1n) is 6.97. The number of rotatable bonds is 4. The number of amides is 1. The van der Waals surface area contributed by atoms with Crippen LogP contribution in [0.15, 0.2) is 48.2 Å². The Hall–Kier alpha value is -2.93. The second-order valence-corrected chi connectivity index (χ2v) is 5.03. The molecule has 22 heavy (non-hydrogen) atoms. The molecule has 1 aromatic carbocycles. The number of carbonyl (C=O) groups is 1. The first-order chi connectivity index (χ1) is 10.6. The normalized spacial score (nSPS) is 10.9. The fraction of sp³-hybridized carbons (Fsp3) is 0.167. The van der Waals surface area contributed by atoms with Crippen LogP contribution in [0.4, 0.5) is 0 Å². The number of nitrogens with zero attached hydrogens (tertiary/aromatic N) is 2. The molecule has 1 aromatic heterocycles. The molecule has 0 unspecified atom stereocenters. The van der Waals surface area contributed by atoms with Crippen LogP contribution >= 0.6 is 0 Å². The quantitative estimate of drug-likeness (QED) is 0.695. The number of nitriles is 1. The fourth-order valence-electron chi connectivity index (χ4n) is 2.06. The van der Waals surface area contributed by atoms with Crippen molar-refractivity contribution in [2.75, 3.05) is 0 Å². The average Bonchev–Trinajstić information content (AvgIpc) is 2.53. The SMILES string of the molecule is Cc1ccc(/C=C(\C#N)C(=O)NCc2ccccn2)c(C)c1. The first-order valence-corrected chi connectivity index (χ1v) is 6.97. The number of aryl methyl sites for hydroxylation is 2. The van der Waals surface area contributed by atoms with E-state index in [4.69, 9.17) is 0 Å². The van der Waals surface area contributed by atoms with Crippen molar-refractivity contribution in [3.8, 4) is 6.07 Å². The third kappa shape index (κ3) is 4.03. The molecule has 0 fully saturated rings. The Balaban J connectivity index is 2.12. The highest BCUT2D eigenvalue weighted by atomic mass is 16.1. The van der Waals surface area contributed by atoms with Gasteiger partial charge in [0.25, 0.3) is 5.91 Å². The molecular weight excluding hydrogens is 274 g/mol. The van der Waals surface area contributed by atoms with E-state index >= 15 is 0 Å². The number of carbonyl (C=O) groups excluding carboxylic acids is 1. The van der Waals surface area contributed by atoms with E-state index in [1.807, 2.05) is 56.3 Å². The van der Waals surface area contributed by atoms with Crippen molar-refractivity contribution >= 4 is 12.0 Å². The van der Waals surface area contributed by atoms with Gasteiger partial charge in [-0.1, -0.05) is 29.8 Å². The molecule has 0 atom stereocenters. The Bertz CT molecular complexity index is 743. The van der Waals surface area contributed by atoms with Crippen molar-refractivity contribution in [3.63, 3.8) is 0 Å². The number of hydrogen-bond donors (Lipinski definition) is 1. The zero-order valence-corrected chi connectivity index (χ0v) is 12.6. The van der Waals surface area contributed by atoms with Gasteiger partial charge in [-0.2, -0.15) is 5.26 Å². The molecule has 0 saturated carbocycles. The Kier molecular flexibility index (Phi) is 5.05. The van der Waals surface area contributed by atoms with E-state index in [0.29, 0.717) is 6.54 Å². The molecule has 0 aliphatic carbocycles. The van der Waals surface area contributed by atoms with E-state index in [9.17, 15) is 10.1 Å². The lowest BCUT2D eigenvalue weighted by Crippen LogP contribution is -2.24. The Morgan fingerprint density at radius 2 is 2.14 bits per heavy atom. The van der Waals surface area contributed by atoms with Crippen LogP contribution in [-0.4, -0.2) is 10.9 Å². The number of benzene rings is 1. The molecule has 4 heteroatoms. The van der Waals surface area contributed by atoms with Gasteiger partial charge in [0.2, 0.25) is 0 Å². The van der Waals surface area contributed by atoms with E-state index in [0.717, 1.165) is 22.4 Å². The average molecular weight is 291 g/mol. The Labute approximate surface area is 130 Å². The third-order valence-corrected chi connectivity index (χ3v) is 3.25. The molecule has 0 radical (unpaired) electrons. The molecule has 0 saturated heterocycles. The van der Waals surface area contributed by atoms with Crippen LogP contribution in [-0.2, 0) is 11.3 Å². The van der Waals surface area contributed by atoms with Crippen LogP contribution in [0.3, 0.4) is 0 Å². The highest BCUT2D eigenvalue weighted by Gasteiger charge is 2.09. The zero-order valence-electron chi connectivity index (χ0n) is 12.6. The van der Waals surface area contributed by atoms with Crippen LogP contribution < -0.4 is 5.32 Å². The van der Waals surface area contributed by atoms with Gasteiger partial charge in [-0.15, -0.1) is 0 Å². The van der Waals surface area contributed by atoms with Crippen molar-refractivity contribution in [1.82, 2.24) is 10.3 Å². The largest absolute Gasteiger partial charge is 0.346 e. The van der Waals surface area contributed by atoms with Crippen molar-refractivity contribution in [3.05, 3.63) is 70.6 Å². The molecule has 0 aliphatic heterocycles. The zero-order chi connectivity index (χ0) is 15.9. The number of pyridine rings is 1. The molecular formula is C18H17N3O. The summed E-state index contributed by atoms with van der Waals surface area (Å²) >= 11 is 0. The summed E-state index contributed by atoms with van der Waals surface area (Å²) in [7, 11) is 0. The van der Waals surface area contributed by atoms with Crippen LogP contribution in [0.2, 0.25) is 0 Å². The van der Waals surface area contributed by atoms with Gasteiger partial charge in [0, 0.05) is 6.20 Å². The predicted molar refractivity (Wildman–Crippen MR) is 85.6 cm³/mol. The summed E-state index contributed by atoms with van der Waals surface area (Å²) in [6, 6.07) is 13.3. The molecule has 110 valence electrons. The minimum absolute atomic E-state index is 0.0860. The van der Waals surface area contributed by atoms with E-state index in [1.54, 1.807) is 12.3 Å². The Morgan fingerprint density at radius 1 is 1.32 bits per heavy atom. The van der Waals surface area contributed by atoms with Crippen molar-refractivity contribution < 1.29 is 4.79 Å². The van der Waals surface area contributed by atoms with Crippen LogP contribution in [0.5, 0.6) is 0 Å². The first kappa shape index (κ1) is 15.5. The van der Waals surface area contributed by atoms with Crippen LogP contribution in [0.25, 0.3) is 6.08 Å². The molecule has 1 N–H and O–H groups in total. The molecule has 4 nitrogen and oxygen atoms in total. The lowest BCUT2D eigenvalue weighted by Gasteiger charge is -2.05. The standard InChI is InChI=1S/C18H17N3O/c1-13-6-7-15(14(2)9-13)10-16(11-19)18(22)21-12-17-5-3-4-8-20-17/h3-10H,12H2,1-2H3,(H,21,22)/b16-10+.